The first kappa shape index (κ1) is 29.6. The lowest BCUT2D eigenvalue weighted by molar-refractivity contribution is -0.162. The van der Waals surface area contributed by atoms with E-state index in [-0.39, 0.29) is 23.5 Å². The number of nitrogens with one attached hydrogen (secondary N) is 4. The molecule has 45 heavy (non-hydrogen) atoms. The molecular formula is C33H30N4O8. The summed E-state index contributed by atoms with van der Waals surface area (Å²) >= 11 is 0. The van der Waals surface area contributed by atoms with Crippen molar-refractivity contribution in [2.45, 2.75) is 30.5 Å². The van der Waals surface area contributed by atoms with Gasteiger partial charge in [0.1, 0.15) is 0 Å². The highest BCUT2D eigenvalue weighted by molar-refractivity contribution is 5.99. The Morgan fingerprint density at radius 2 is 1.47 bits per heavy atom. The molecule has 1 aliphatic rings. The molecule has 1 aliphatic carbocycles. The molecule has 2 amide bonds. The first-order valence-corrected chi connectivity index (χ1v) is 14.2. The Hall–Kier alpha value is -5.46. The van der Waals surface area contributed by atoms with Crippen molar-refractivity contribution < 1.29 is 38.3 Å². The summed E-state index contributed by atoms with van der Waals surface area (Å²) in [4.78, 5) is 68.8. The van der Waals surface area contributed by atoms with Crippen molar-refractivity contribution in [2.24, 2.45) is 0 Å². The molecule has 5 aromatic rings. The van der Waals surface area contributed by atoms with E-state index in [1.54, 1.807) is 6.20 Å². The van der Waals surface area contributed by atoms with E-state index in [4.69, 9.17) is 19.1 Å². The molecule has 2 aromatic heterocycles. The van der Waals surface area contributed by atoms with Gasteiger partial charge in [-0.3, -0.25) is 19.3 Å². The van der Waals surface area contributed by atoms with Crippen LogP contribution >= 0.6 is 0 Å². The van der Waals surface area contributed by atoms with Gasteiger partial charge in [0, 0.05) is 64.1 Å². The van der Waals surface area contributed by atoms with Gasteiger partial charge in [0.05, 0.1) is 14.2 Å². The third-order valence-electron chi connectivity index (χ3n) is 7.99. The number of carbonyl (C=O) groups excluding carboxylic acids is 4. The third kappa shape index (κ3) is 5.76. The molecule has 230 valence electrons. The monoisotopic (exact) mass is 610 g/mol. The average molecular weight is 611 g/mol. The molecule has 0 aliphatic heterocycles. The molecule has 1 saturated carbocycles. The lowest BCUT2D eigenvalue weighted by Crippen LogP contribution is -2.38. The van der Waals surface area contributed by atoms with Gasteiger partial charge in [-0.25, -0.2) is 20.5 Å². The number of hydrogen-bond donors (Lipinski definition) is 4. The second kappa shape index (κ2) is 12.3. The molecule has 0 saturated heterocycles. The van der Waals surface area contributed by atoms with Crippen LogP contribution in [-0.2, 0) is 35.2 Å². The van der Waals surface area contributed by atoms with Gasteiger partial charge in [0.25, 0.3) is 11.8 Å². The normalized spacial score (nSPS) is 17.9. The third-order valence-corrected chi connectivity index (χ3v) is 7.99. The highest BCUT2D eigenvalue weighted by atomic mass is 16.7. The molecule has 3 aromatic carbocycles. The predicted molar refractivity (Wildman–Crippen MR) is 162 cm³/mol. The quantitative estimate of drug-likeness (QED) is 0.130. The molecule has 0 bridgehead atoms. The number of benzene rings is 3. The van der Waals surface area contributed by atoms with Crippen LogP contribution < -0.4 is 11.0 Å². The minimum atomic E-state index is -1.40. The number of hydroxylamine groups is 2. The molecule has 12 nitrogen and oxygen atoms in total. The van der Waals surface area contributed by atoms with E-state index in [1.807, 2.05) is 54.7 Å². The van der Waals surface area contributed by atoms with E-state index in [9.17, 15) is 19.2 Å². The number of amides is 2. The first-order valence-electron chi connectivity index (χ1n) is 14.2. The molecule has 2 unspecified atom stereocenters. The molecule has 1 fully saturated rings. The molecule has 6 rings (SSSR count). The number of hydrogen-bond acceptors (Lipinski definition) is 8. The number of rotatable bonds is 11. The van der Waals surface area contributed by atoms with Gasteiger partial charge in [-0.2, -0.15) is 0 Å². The van der Waals surface area contributed by atoms with Crippen molar-refractivity contribution in [3.8, 4) is 0 Å². The Bertz CT molecular complexity index is 1910. The van der Waals surface area contributed by atoms with Gasteiger partial charge in [-0.1, -0.05) is 42.5 Å². The molecule has 3 atom stereocenters. The Labute approximate surface area is 256 Å². The summed E-state index contributed by atoms with van der Waals surface area (Å²) in [5, 5.41) is 1.86. The van der Waals surface area contributed by atoms with E-state index in [1.165, 1.54) is 38.5 Å². The van der Waals surface area contributed by atoms with Crippen LogP contribution in [-0.4, -0.2) is 59.6 Å². The van der Waals surface area contributed by atoms with E-state index in [2.05, 4.69) is 20.9 Å². The van der Waals surface area contributed by atoms with Crippen LogP contribution in [0.15, 0.2) is 85.2 Å². The Kier molecular flexibility index (Phi) is 8.07. The van der Waals surface area contributed by atoms with Gasteiger partial charge in [0.15, 0.2) is 6.10 Å². The zero-order valence-electron chi connectivity index (χ0n) is 24.4. The number of esters is 2. The van der Waals surface area contributed by atoms with Crippen LogP contribution in [0.3, 0.4) is 0 Å². The van der Waals surface area contributed by atoms with Crippen molar-refractivity contribution in [3.63, 3.8) is 0 Å². The predicted octanol–water partition coefficient (Wildman–Crippen LogP) is 3.86. The topological polar surface area (TPSA) is 161 Å². The highest BCUT2D eigenvalue weighted by Gasteiger charge is 2.65. The average Bonchev–Trinajstić information content (AvgIpc) is 3.43. The molecular weight excluding hydrogens is 580 g/mol. The maximum Gasteiger partial charge on any atom is 0.341 e. The largest absolute Gasteiger partial charge is 0.467 e. The van der Waals surface area contributed by atoms with E-state index in [0.29, 0.717) is 6.42 Å². The molecule has 2 heterocycles. The Morgan fingerprint density at radius 1 is 0.822 bits per heavy atom. The second-order valence-corrected chi connectivity index (χ2v) is 10.7. The summed E-state index contributed by atoms with van der Waals surface area (Å²) in [7, 11) is 2.49. The molecule has 0 radical (unpaired) electrons. The number of methoxy groups -OCH3 is 2. The lowest BCUT2D eigenvalue weighted by Gasteiger charge is -2.17. The summed E-state index contributed by atoms with van der Waals surface area (Å²) in [5.74, 6) is -2.99. The summed E-state index contributed by atoms with van der Waals surface area (Å²) in [5.41, 5.74) is 6.92. The number of aromatic nitrogens is 2. The Balaban J connectivity index is 1.10. The molecule has 4 N–H and O–H groups in total. The minimum Gasteiger partial charge on any atom is -0.467 e. The van der Waals surface area contributed by atoms with Gasteiger partial charge in [-0.05, 0) is 41.5 Å². The number of H-pyrrole nitrogens is 2. The van der Waals surface area contributed by atoms with Gasteiger partial charge in [0.2, 0.25) is 5.60 Å². The standard InChI is InChI=1S/C33H30N4O8/c1-42-31(40)28(15-21-17-34-26-12-5-3-10-22(21)26)44-36-29(38)19-8-7-9-20(14-19)30(39)37-45-33(32(41)43-2)16-25(33)24-18-35-27-13-6-4-11-23(24)27/h3-14,17-18,25,28,34-35H,15-16H2,1-2H3,(H,36,38)(H,37,39)/t25?,28-,33?/m1/s1. The van der Waals surface area contributed by atoms with Gasteiger partial charge in [-0.15, -0.1) is 0 Å². The van der Waals surface area contributed by atoms with Gasteiger partial charge >= 0.3 is 11.9 Å². The van der Waals surface area contributed by atoms with Crippen molar-refractivity contribution in [3.05, 3.63) is 107 Å². The molecule has 12 heteroatoms. The second-order valence-electron chi connectivity index (χ2n) is 10.7. The number of aromatic amines is 2. The smallest absolute Gasteiger partial charge is 0.341 e. The summed E-state index contributed by atoms with van der Waals surface area (Å²) < 4.78 is 9.88. The van der Waals surface area contributed by atoms with Crippen molar-refractivity contribution in [1.82, 2.24) is 20.9 Å². The lowest BCUT2D eigenvalue weighted by atomic mass is 10.1. The fraction of sp³-hybridized carbons (Fsp3) is 0.212. The van der Waals surface area contributed by atoms with E-state index in [0.717, 1.165) is 32.9 Å². The number of fused-ring (bicyclic) bond motifs is 2. The molecule has 0 spiro atoms. The number of para-hydroxylation sites is 2. The van der Waals surface area contributed by atoms with E-state index >= 15 is 0 Å². The number of carbonyl (C=O) groups is 4. The highest BCUT2D eigenvalue weighted by Crippen LogP contribution is 2.56. The maximum absolute atomic E-state index is 13.1. The van der Waals surface area contributed by atoms with Crippen molar-refractivity contribution in [1.29, 1.82) is 0 Å². The van der Waals surface area contributed by atoms with Crippen LogP contribution in [0, 0.1) is 0 Å². The Morgan fingerprint density at radius 3 is 2.18 bits per heavy atom. The maximum atomic E-state index is 13.1. The van der Waals surface area contributed by atoms with Crippen LogP contribution in [0.5, 0.6) is 0 Å². The minimum absolute atomic E-state index is 0.0872. The fourth-order valence-corrected chi connectivity index (χ4v) is 5.53. The SMILES string of the molecule is COC(=O)[C@@H](Cc1c[nH]c2ccccc12)ONC(=O)c1cccc(C(=O)NOC2(C(=O)OC)CC2c2c[nH]c3ccccc23)c1. The zero-order chi connectivity index (χ0) is 31.6. The summed E-state index contributed by atoms with van der Waals surface area (Å²) in [6, 6.07) is 21.1. The van der Waals surface area contributed by atoms with Crippen LogP contribution in [0.4, 0.5) is 0 Å². The first-order chi connectivity index (χ1) is 21.8. The summed E-state index contributed by atoms with van der Waals surface area (Å²) in [6.45, 7) is 0. The number of ether oxygens (including phenoxy) is 2. The van der Waals surface area contributed by atoms with Crippen molar-refractivity contribution in [2.75, 3.05) is 14.2 Å². The van der Waals surface area contributed by atoms with Crippen LogP contribution in [0.2, 0.25) is 0 Å². The van der Waals surface area contributed by atoms with Crippen molar-refractivity contribution >= 4 is 45.6 Å². The van der Waals surface area contributed by atoms with Crippen LogP contribution in [0.1, 0.15) is 44.2 Å². The van der Waals surface area contributed by atoms with Gasteiger partial charge < -0.3 is 19.4 Å². The van der Waals surface area contributed by atoms with E-state index < -0.39 is 35.5 Å². The summed E-state index contributed by atoms with van der Waals surface area (Å²) in [6.07, 6.45) is 2.90. The fourth-order valence-electron chi connectivity index (χ4n) is 5.53. The zero-order valence-corrected chi connectivity index (χ0v) is 24.4. The van der Waals surface area contributed by atoms with Crippen LogP contribution in [0.25, 0.3) is 21.8 Å².